The highest BCUT2D eigenvalue weighted by atomic mass is 19.4. The van der Waals surface area contributed by atoms with Crippen molar-refractivity contribution in [1.29, 1.82) is 0 Å². The van der Waals surface area contributed by atoms with Crippen molar-refractivity contribution < 1.29 is 18.0 Å². The van der Waals surface area contributed by atoms with E-state index in [1.807, 2.05) is 25.1 Å². The van der Waals surface area contributed by atoms with Crippen molar-refractivity contribution in [3.63, 3.8) is 0 Å². The van der Waals surface area contributed by atoms with Gasteiger partial charge in [-0.1, -0.05) is 30.3 Å². The number of halogens is 3. The van der Waals surface area contributed by atoms with E-state index in [9.17, 15) is 18.0 Å². The molecule has 0 saturated heterocycles. The number of aryl methyl sites for hydroxylation is 2. The summed E-state index contributed by atoms with van der Waals surface area (Å²) in [6.07, 6.45) is -4.46. The van der Waals surface area contributed by atoms with Gasteiger partial charge in [-0.05, 0) is 43.2 Å². The van der Waals surface area contributed by atoms with Gasteiger partial charge in [0, 0.05) is 19.0 Å². The Bertz CT molecular complexity index is 1010. The van der Waals surface area contributed by atoms with Gasteiger partial charge in [0.25, 0.3) is 5.91 Å². The number of pyridine rings is 1. The molecule has 3 aromatic rings. The summed E-state index contributed by atoms with van der Waals surface area (Å²) in [6.45, 7) is 3.55. The fourth-order valence-corrected chi connectivity index (χ4v) is 3.06. The van der Waals surface area contributed by atoms with Crippen LogP contribution in [0.15, 0.2) is 48.5 Å². The number of nitrogens with zero attached hydrogens (tertiary/aromatic N) is 2. The van der Waals surface area contributed by atoms with Crippen LogP contribution >= 0.6 is 0 Å². The topological polar surface area (TPSA) is 33.2 Å². The molecule has 6 heteroatoms. The lowest BCUT2D eigenvalue weighted by atomic mass is 10.0. The van der Waals surface area contributed by atoms with E-state index >= 15 is 0 Å². The summed E-state index contributed by atoms with van der Waals surface area (Å²) < 4.78 is 39.5. The summed E-state index contributed by atoms with van der Waals surface area (Å²) in [4.78, 5) is 18.6. The van der Waals surface area contributed by atoms with Crippen LogP contribution in [0.3, 0.4) is 0 Å². The minimum absolute atomic E-state index is 0.0582. The maximum atomic E-state index is 13.2. The number of aromatic nitrogens is 1. The van der Waals surface area contributed by atoms with E-state index in [0.717, 1.165) is 22.5 Å². The van der Waals surface area contributed by atoms with Crippen molar-refractivity contribution >= 4 is 16.8 Å². The van der Waals surface area contributed by atoms with Crippen LogP contribution in [-0.2, 0) is 12.7 Å². The molecule has 0 saturated carbocycles. The largest absolute Gasteiger partial charge is 0.416 e. The Hall–Kier alpha value is -2.89. The fourth-order valence-electron chi connectivity index (χ4n) is 3.06. The zero-order valence-electron chi connectivity index (χ0n) is 15.3. The lowest BCUT2D eigenvalue weighted by Crippen LogP contribution is -2.28. The molecule has 0 unspecified atom stereocenters. The van der Waals surface area contributed by atoms with Crippen molar-refractivity contribution in [2.45, 2.75) is 26.6 Å². The molecule has 0 bridgehead atoms. The number of benzene rings is 2. The number of amides is 1. The molecule has 3 rings (SSSR count). The molecular formula is C21H19F3N2O. The predicted octanol–water partition coefficient (Wildman–Crippen LogP) is 5.14. The lowest BCUT2D eigenvalue weighted by Gasteiger charge is -2.21. The minimum Gasteiger partial charge on any atom is -0.337 e. The molecule has 2 aromatic carbocycles. The summed E-state index contributed by atoms with van der Waals surface area (Å²) in [5.74, 6) is -0.362. The highest BCUT2D eigenvalue weighted by molar-refractivity contribution is 5.98. The van der Waals surface area contributed by atoms with Gasteiger partial charge in [-0.25, -0.2) is 0 Å². The SMILES string of the molecule is Cc1ccc2cc(C(=O)N(C)Cc3ccccc3C(F)(F)F)c(C)nc2c1. The number of alkyl halides is 3. The standard InChI is InChI=1S/C21H19F3N2O/c1-13-8-9-15-11-17(14(2)25-19(15)10-13)20(27)26(3)12-16-6-4-5-7-18(16)21(22,23)24/h4-11H,12H2,1-3H3. The maximum absolute atomic E-state index is 13.2. The molecule has 1 amide bonds. The Morgan fingerprint density at radius 2 is 1.78 bits per heavy atom. The van der Waals surface area contributed by atoms with Crippen LogP contribution in [0.25, 0.3) is 10.9 Å². The van der Waals surface area contributed by atoms with Gasteiger partial charge in [0.2, 0.25) is 0 Å². The normalized spacial score (nSPS) is 11.6. The van der Waals surface area contributed by atoms with Crippen molar-refractivity contribution in [3.05, 3.63) is 76.5 Å². The second-order valence-corrected chi connectivity index (χ2v) is 6.63. The number of hydrogen-bond acceptors (Lipinski definition) is 2. The molecule has 0 spiro atoms. The highest BCUT2D eigenvalue weighted by Crippen LogP contribution is 2.32. The Morgan fingerprint density at radius 3 is 2.48 bits per heavy atom. The zero-order valence-corrected chi connectivity index (χ0v) is 15.3. The Morgan fingerprint density at radius 1 is 1.07 bits per heavy atom. The molecule has 0 aliphatic rings. The van der Waals surface area contributed by atoms with E-state index in [-0.39, 0.29) is 18.0 Å². The molecular weight excluding hydrogens is 353 g/mol. The Balaban J connectivity index is 1.92. The predicted molar refractivity (Wildman–Crippen MR) is 98.5 cm³/mol. The molecule has 0 radical (unpaired) electrons. The molecule has 27 heavy (non-hydrogen) atoms. The van der Waals surface area contributed by atoms with Gasteiger partial charge in [0.15, 0.2) is 0 Å². The van der Waals surface area contributed by atoms with Crippen LogP contribution in [0.5, 0.6) is 0 Å². The van der Waals surface area contributed by atoms with Crippen molar-refractivity contribution in [3.8, 4) is 0 Å². The number of hydrogen-bond donors (Lipinski definition) is 0. The summed E-state index contributed by atoms with van der Waals surface area (Å²) in [5, 5.41) is 0.818. The minimum atomic E-state index is -4.46. The molecule has 0 aliphatic carbocycles. The average Bonchev–Trinajstić information content (AvgIpc) is 2.60. The highest BCUT2D eigenvalue weighted by Gasteiger charge is 2.33. The number of fused-ring (bicyclic) bond motifs is 1. The quantitative estimate of drug-likeness (QED) is 0.638. The summed E-state index contributed by atoms with van der Waals surface area (Å²) in [7, 11) is 1.49. The van der Waals surface area contributed by atoms with E-state index in [4.69, 9.17) is 0 Å². The zero-order chi connectivity index (χ0) is 19.8. The van der Waals surface area contributed by atoms with Crippen LogP contribution in [-0.4, -0.2) is 22.8 Å². The van der Waals surface area contributed by atoms with E-state index in [1.54, 1.807) is 13.0 Å². The number of carbonyl (C=O) groups is 1. The van der Waals surface area contributed by atoms with Gasteiger partial charge in [-0.15, -0.1) is 0 Å². The molecule has 1 heterocycles. The van der Waals surface area contributed by atoms with Gasteiger partial charge < -0.3 is 4.90 Å². The first-order valence-corrected chi connectivity index (χ1v) is 8.45. The average molecular weight is 372 g/mol. The van der Waals surface area contributed by atoms with Crippen LogP contribution < -0.4 is 0 Å². The molecule has 140 valence electrons. The summed E-state index contributed by atoms with van der Waals surface area (Å²) in [5.41, 5.74) is 2.12. The summed E-state index contributed by atoms with van der Waals surface area (Å²) in [6, 6.07) is 12.8. The van der Waals surface area contributed by atoms with Gasteiger partial charge in [-0.3, -0.25) is 9.78 Å². The second-order valence-electron chi connectivity index (χ2n) is 6.63. The molecule has 0 N–H and O–H groups in total. The maximum Gasteiger partial charge on any atom is 0.416 e. The van der Waals surface area contributed by atoms with Crippen LogP contribution in [0, 0.1) is 13.8 Å². The Kier molecular flexibility index (Phi) is 4.91. The second kappa shape index (κ2) is 7.02. The smallest absolute Gasteiger partial charge is 0.337 e. The number of rotatable bonds is 3. The first kappa shape index (κ1) is 18.9. The van der Waals surface area contributed by atoms with Crippen LogP contribution in [0.1, 0.15) is 32.7 Å². The summed E-state index contributed by atoms with van der Waals surface area (Å²) >= 11 is 0. The van der Waals surface area contributed by atoms with E-state index in [2.05, 4.69) is 4.98 Å². The van der Waals surface area contributed by atoms with E-state index in [1.165, 1.54) is 30.1 Å². The van der Waals surface area contributed by atoms with Crippen molar-refractivity contribution in [2.24, 2.45) is 0 Å². The van der Waals surface area contributed by atoms with Crippen LogP contribution in [0.2, 0.25) is 0 Å². The molecule has 0 atom stereocenters. The first-order valence-electron chi connectivity index (χ1n) is 8.45. The van der Waals surface area contributed by atoms with Crippen molar-refractivity contribution in [2.75, 3.05) is 7.05 Å². The number of carbonyl (C=O) groups excluding carboxylic acids is 1. The van der Waals surface area contributed by atoms with Gasteiger partial charge in [0.05, 0.1) is 22.3 Å². The van der Waals surface area contributed by atoms with Gasteiger partial charge >= 0.3 is 6.18 Å². The van der Waals surface area contributed by atoms with E-state index in [0.29, 0.717) is 11.3 Å². The fraction of sp³-hybridized carbons (Fsp3) is 0.238. The third kappa shape index (κ3) is 3.94. The van der Waals surface area contributed by atoms with Crippen molar-refractivity contribution in [1.82, 2.24) is 9.88 Å². The third-order valence-electron chi connectivity index (χ3n) is 4.47. The Labute approximate surface area is 155 Å². The molecule has 1 aromatic heterocycles. The monoisotopic (exact) mass is 372 g/mol. The van der Waals surface area contributed by atoms with Gasteiger partial charge in [0.1, 0.15) is 0 Å². The van der Waals surface area contributed by atoms with Crippen LogP contribution in [0.4, 0.5) is 13.2 Å². The molecule has 0 aliphatic heterocycles. The molecule has 0 fully saturated rings. The first-order chi connectivity index (χ1) is 12.7. The van der Waals surface area contributed by atoms with Gasteiger partial charge in [-0.2, -0.15) is 13.2 Å². The lowest BCUT2D eigenvalue weighted by molar-refractivity contribution is -0.138. The third-order valence-corrected chi connectivity index (χ3v) is 4.47. The molecule has 3 nitrogen and oxygen atoms in total. The van der Waals surface area contributed by atoms with E-state index < -0.39 is 11.7 Å².